The van der Waals surface area contributed by atoms with Crippen molar-refractivity contribution >= 4 is 35.2 Å². The molecule has 0 saturated carbocycles. The van der Waals surface area contributed by atoms with Gasteiger partial charge in [-0.15, -0.1) is 11.3 Å². The van der Waals surface area contributed by atoms with Gasteiger partial charge >= 0.3 is 12.1 Å². The minimum atomic E-state index is -0.725. The number of rotatable bonds is 6. The Hall–Kier alpha value is -1.28. The Morgan fingerprint density at radius 3 is 2.71 bits per heavy atom. The lowest BCUT2D eigenvalue weighted by Crippen LogP contribution is -2.44. The van der Waals surface area contributed by atoms with Crippen LogP contribution in [0.3, 0.4) is 0 Å². The van der Waals surface area contributed by atoms with Gasteiger partial charge in [-0.1, -0.05) is 11.8 Å². The zero-order chi connectivity index (χ0) is 15.9. The van der Waals surface area contributed by atoms with Crippen molar-refractivity contribution < 1.29 is 19.1 Å². The third-order valence-electron chi connectivity index (χ3n) is 2.22. The second-order valence-corrected chi connectivity index (χ2v) is 7.39. The SMILES string of the molecule is COC(=O)C(CCSc1nccs1)NC(=O)OC(C)(C)C. The van der Waals surface area contributed by atoms with E-state index < -0.39 is 23.7 Å². The Labute approximate surface area is 132 Å². The van der Waals surface area contributed by atoms with Crippen LogP contribution < -0.4 is 5.32 Å². The van der Waals surface area contributed by atoms with Gasteiger partial charge in [0.1, 0.15) is 16.0 Å². The summed E-state index contributed by atoms with van der Waals surface area (Å²) in [6, 6.07) is -0.725. The highest BCUT2D eigenvalue weighted by Crippen LogP contribution is 2.21. The van der Waals surface area contributed by atoms with E-state index in [0.717, 1.165) is 4.34 Å². The number of carbonyl (C=O) groups is 2. The number of hydrogen-bond donors (Lipinski definition) is 1. The maximum absolute atomic E-state index is 11.7. The first-order valence-corrected chi connectivity index (χ1v) is 8.28. The Morgan fingerprint density at radius 2 is 2.19 bits per heavy atom. The van der Waals surface area contributed by atoms with Crippen LogP contribution in [-0.2, 0) is 14.3 Å². The van der Waals surface area contributed by atoms with Gasteiger partial charge in [-0.05, 0) is 27.2 Å². The highest BCUT2D eigenvalue weighted by molar-refractivity contribution is 8.00. The number of nitrogens with zero attached hydrogens (tertiary/aromatic N) is 1. The number of thioether (sulfide) groups is 1. The quantitative estimate of drug-likeness (QED) is 0.637. The number of carbonyl (C=O) groups excluding carboxylic acids is 2. The molecule has 1 N–H and O–H groups in total. The van der Waals surface area contributed by atoms with Crippen molar-refractivity contribution in [3.8, 4) is 0 Å². The summed E-state index contributed by atoms with van der Waals surface area (Å²) in [7, 11) is 1.29. The average molecular weight is 332 g/mol. The van der Waals surface area contributed by atoms with Gasteiger partial charge in [-0.3, -0.25) is 0 Å². The van der Waals surface area contributed by atoms with E-state index in [0.29, 0.717) is 12.2 Å². The van der Waals surface area contributed by atoms with Crippen LogP contribution in [0.5, 0.6) is 0 Å². The number of hydrogen-bond acceptors (Lipinski definition) is 7. The maximum Gasteiger partial charge on any atom is 0.408 e. The van der Waals surface area contributed by atoms with Gasteiger partial charge in [0.25, 0.3) is 0 Å². The smallest absolute Gasteiger partial charge is 0.408 e. The molecule has 0 fully saturated rings. The molecule has 0 saturated heterocycles. The van der Waals surface area contributed by atoms with Crippen LogP contribution in [0.15, 0.2) is 15.9 Å². The molecule has 21 heavy (non-hydrogen) atoms. The van der Waals surface area contributed by atoms with Crippen LogP contribution in [0.2, 0.25) is 0 Å². The Kier molecular flexibility index (Phi) is 6.97. The third kappa shape index (κ3) is 7.33. The molecule has 0 bridgehead atoms. The lowest BCUT2D eigenvalue weighted by Gasteiger charge is -2.22. The van der Waals surface area contributed by atoms with Gasteiger partial charge in [0.2, 0.25) is 0 Å². The normalized spacial score (nSPS) is 12.6. The molecule has 0 aliphatic heterocycles. The lowest BCUT2D eigenvalue weighted by molar-refractivity contribution is -0.143. The van der Waals surface area contributed by atoms with Gasteiger partial charge < -0.3 is 14.8 Å². The molecular formula is C13H20N2O4S2. The Balaban J connectivity index is 2.47. The molecule has 118 valence electrons. The van der Waals surface area contributed by atoms with E-state index in [1.807, 2.05) is 5.38 Å². The molecule has 0 aliphatic rings. The highest BCUT2D eigenvalue weighted by atomic mass is 32.2. The minimum Gasteiger partial charge on any atom is -0.467 e. The van der Waals surface area contributed by atoms with Crippen LogP contribution in [0.1, 0.15) is 27.2 Å². The number of esters is 1. The van der Waals surface area contributed by atoms with E-state index in [1.54, 1.807) is 27.0 Å². The van der Waals surface area contributed by atoms with Crippen molar-refractivity contribution in [2.45, 2.75) is 43.2 Å². The molecule has 1 aromatic heterocycles. The van der Waals surface area contributed by atoms with Crippen molar-refractivity contribution in [3.63, 3.8) is 0 Å². The Bertz CT molecular complexity index is 457. The number of methoxy groups -OCH3 is 1. The number of ether oxygens (including phenoxy) is 2. The fourth-order valence-corrected chi connectivity index (χ4v) is 3.10. The molecule has 6 nitrogen and oxygen atoms in total. The first-order chi connectivity index (χ1) is 9.81. The fourth-order valence-electron chi connectivity index (χ4n) is 1.39. The molecule has 0 radical (unpaired) electrons. The average Bonchev–Trinajstić information content (AvgIpc) is 2.87. The van der Waals surface area contributed by atoms with E-state index in [4.69, 9.17) is 9.47 Å². The first-order valence-electron chi connectivity index (χ1n) is 6.41. The van der Waals surface area contributed by atoms with Crippen LogP contribution in [0.4, 0.5) is 4.79 Å². The van der Waals surface area contributed by atoms with Crippen molar-refractivity contribution in [2.24, 2.45) is 0 Å². The number of thiazole rings is 1. The maximum atomic E-state index is 11.7. The second-order valence-electron chi connectivity index (χ2n) is 5.16. The molecule has 0 aromatic carbocycles. The summed E-state index contributed by atoms with van der Waals surface area (Å²) in [5.74, 6) is 0.156. The molecular weight excluding hydrogens is 312 g/mol. The van der Waals surface area contributed by atoms with Crippen molar-refractivity contribution in [2.75, 3.05) is 12.9 Å². The molecule has 1 aromatic rings. The summed E-state index contributed by atoms with van der Waals surface area (Å²) in [5.41, 5.74) is -0.611. The van der Waals surface area contributed by atoms with E-state index in [1.165, 1.54) is 30.2 Å². The molecule has 1 unspecified atom stereocenters. The van der Waals surface area contributed by atoms with Crippen LogP contribution in [-0.4, -0.2) is 41.6 Å². The summed E-state index contributed by atoms with van der Waals surface area (Å²) in [6.07, 6.45) is 1.54. The van der Waals surface area contributed by atoms with Gasteiger partial charge in [0, 0.05) is 17.3 Å². The standard InChI is InChI=1S/C13H20N2O4S2/c1-13(2,3)19-11(17)15-9(10(16)18-4)5-7-20-12-14-6-8-21-12/h6,8-9H,5,7H2,1-4H3,(H,15,17). The molecule has 1 rings (SSSR count). The molecule has 1 amide bonds. The molecule has 1 heterocycles. The number of alkyl carbamates (subject to hydrolysis) is 1. The summed E-state index contributed by atoms with van der Waals surface area (Å²) in [6.45, 7) is 5.29. The van der Waals surface area contributed by atoms with Crippen LogP contribution in [0.25, 0.3) is 0 Å². The van der Waals surface area contributed by atoms with Gasteiger partial charge in [-0.2, -0.15) is 0 Å². The summed E-state index contributed by atoms with van der Waals surface area (Å²) >= 11 is 3.07. The first kappa shape index (κ1) is 17.8. The fraction of sp³-hybridized carbons (Fsp3) is 0.615. The van der Waals surface area contributed by atoms with Crippen LogP contribution in [0, 0.1) is 0 Å². The largest absolute Gasteiger partial charge is 0.467 e. The Morgan fingerprint density at radius 1 is 1.48 bits per heavy atom. The zero-order valence-electron chi connectivity index (χ0n) is 12.5. The lowest BCUT2D eigenvalue weighted by atomic mass is 10.2. The summed E-state index contributed by atoms with van der Waals surface area (Å²) in [5, 5.41) is 4.43. The molecule has 0 spiro atoms. The van der Waals surface area contributed by atoms with Crippen LogP contribution >= 0.6 is 23.1 Å². The monoisotopic (exact) mass is 332 g/mol. The van der Waals surface area contributed by atoms with E-state index in [-0.39, 0.29) is 0 Å². The summed E-state index contributed by atoms with van der Waals surface area (Å²) < 4.78 is 10.8. The van der Waals surface area contributed by atoms with Crippen molar-refractivity contribution in [1.29, 1.82) is 0 Å². The molecule has 8 heteroatoms. The van der Waals surface area contributed by atoms with E-state index in [2.05, 4.69) is 10.3 Å². The third-order valence-corrected chi connectivity index (χ3v) is 4.22. The predicted molar refractivity (Wildman–Crippen MR) is 82.6 cm³/mol. The van der Waals surface area contributed by atoms with Gasteiger partial charge in [-0.25, -0.2) is 14.6 Å². The highest BCUT2D eigenvalue weighted by Gasteiger charge is 2.24. The number of nitrogens with one attached hydrogen (secondary N) is 1. The zero-order valence-corrected chi connectivity index (χ0v) is 14.2. The minimum absolute atomic E-state index is 0.441. The van der Waals surface area contributed by atoms with E-state index >= 15 is 0 Å². The topological polar surface area (TPSA) is 77.5 Å². The summed E-state index contributed by atoms with van der Waals surface area (Å²) in [4.78, 5) is 27.6. The van der Waals surface area contributed by atoms with Gasteiger partial charge in [0.05, 0.1) is 7.11 Å². The van der Waals surface area contributed by atoms with Crippen molar-refractivity contribution in [3.05, 3.63) is 11.6 Å². The molecule has 1 atom stereocenters. The van der Waals surface area contributed by atoms with Gasteiger partial charge in [0.15, 0.2) is 0 Å². The number of aromatic nitrogens is 1. The predicted octanol–water partition coefficient (Wildman–Crippen LogP) is 2.69. The number of amides is 1. The van der Waals surface area contributed by atoms with Crippen molar-refractivity contribution in [1.82, 2.24) is 10.3 Å². The molecule has 0 aliphatic carbocycles. The van der Waals surface area contributed by atoms with E-state index in [9.17, 15) is 9.59 Å². The second kappa shape index (κ2) is 8.23.